The lowest BCUT2D eigenvalue weighted by molar-refractivity contribution is -0.127. The fourth-order valence-electron chi connectivity index (χ4n) is 1.82. The molecule has 1 N–H and O–H groups in total. The summed E-state index contributed by atoms with van der Waals surface area (Å²) >= 11 is 0. The Hall–Kier alpha value is -1.62. The van der Waals surface area contributed by atoms with Crippen LogP contribution in [0.2, 0.25) is 0 Å². The molecule has 0 bridgehead atoms. The number of likely N-dealkylation sites (N-methyl/N-ethyl adjacent to an activating group) is 2. The van der Waals surface area contributed by atoms with Gasteiger partial charge in [0.2, 0.25) is 5.91 Å². The minimum atomic E-state index is -0.395. The van der Waals surface area contributed by atoms with Gasteiger partial charge in [-0.1, -0.05) is 12.1 Å². The fourth-order valence-corrected chi connectivity index (χ4v) is 1.82. The minimum Gasteiger partial charge on any atom is -0.489 e. The highest BCUT2D eigenvalue weighted by molar-refractivity contribution is 14.0. The third-order valence-corrected chi connectivity index (χ3v) is 3.33. The molecule has 0 aromatic heterocycles. The quantitative estimate of drug-likeness (QED) is 0.250. The summed E-state index contributed by atoms with van der Waals surface area (Å²) in [6.07, 6.45) is 0. The maximum absolute atomic E-state index is 13.5. The number of methoxy groups -OCH3 is 1. The molecule has 1 aromatic rings. The van der Waals surface area contributed by atoms with E-state index in [-0.39, 0.29) is 48.8 Å². The minimum absolute atomic E-state index is 0. The standard InChI is InChI=1S/C17H27FN4O3.HI/c1-21(2)16(23)13-20-17(19-9-11-24-4)22(3)10-12-25-15-8-6-5-7-14(15)18;/h5-8H,9-13H2,1-4H3,(H,19,20);1H. The van der Waals surface area contributed by atoms with Crippen LogP contribution in [-0.4, -0.2) is 82.8 Å². The van der Waals surface area contributed by atoms with Crippen molar-refractivity contribution in [3.8, 4) is 5.75 Å². The highest BCUT2D eigenvalue weighted by Gasteiger charge is 2.09. The summed E-state index contributed by atoms with van der Waals surface area (Å²) in [5, 5.41) is 3.13. The number of hydrogen-bond donors (Lipinski definition) is 1. The van der Waals surface area contributed by atoms with E-state index in [4.69, 9.17) is 9.47 Å². The van der Waals surface area contributed by atoms with Crippen LogP contribution in [0.25, 0.3) is 0 Å². The average molecular weight is 482 g/mol. The van der Waals surface area contributed by atoms with Crippen LogP contribution < -0.4 is 10.1 Å². The number of guanidine groups is 1. The van der Waals surface area contributed by atoms with Crippen molar-refractivity contribution in [2.75, 3.05) is 61.1 Å². The van der Waals surface area contributed by atoms with Crippen LogP contribution in [0, 0.1) is 5.82 Å². The van der Waals surface area contributed by atoms with Gasteiger partial charge in [-0.05, 0) is 12.1 Å². The Labute approximate surface area is 171 Å². The number of para-hydroxylation sites is 1. The largest absolute Gasteiger partial charge is 0.489 e. The number of hydrogen-bond acceptors (Lipinski definition) is 4. The predicted octanol–water partition coefficient (Wildman–Crippen LogP) is 1.43. The first kappa shape index (κ1) is 24.4. The van der Waals surface area contributed by atoms with Crippen molar-refractivity contribution >= 4 is 35.8 Å². The van der Waals surface area contributed by atoms with Crippen LogP contribution in [0.4, 0.5) is 4.39 Å². The van der Waals surface area contributed by atoms with Gasteiger partial charge in [-0.15, -0.1) is 24.0 Å². The molecule has 0 atom stereocenters. The molecule has 1 aromatic carbocycles. The number of rotatable bonds is 9. The number of benzene rings is 1. The molecule has 148 valence electrons. The first-order chi connectivity index (χ1) is 12.0. The number of carbonyl (C=O) groups is 1. The van der Waals surface area contributed by atoms with E-state index < -0.39 is 5.82 Å². The fraction of sp³-hybridized carbons (Fsp3) is 0.529. The van der Waals surface area contributed by atoms with Gasteiger partial charge < -0.3 is 24.6 Å². The molecule has 0 aliphatic carbocycles. The van der Waals surface area contributed by atoms with Crippen molar-refractivity contribution in [3.05, 3.63) is 30.1 Å². The molecule has 0 saturated heterocycles. The normalized spacial score (nSPS) is 10.7. The van der Waals surface area contributed by atoms with Crippen LogP contribution in [0.5, 0.6) is 5.75 Å². The molecular weight excluding hydrogens is 454 g/mol. The van der Waals surface area contributed by atoms with Crippen LogP contribution >= 0.6 is 24.0 Å². The van der Waals surface area contributed by atoms with Crippen LogP contribution in [0.15, 0.2) is 29.3 Å². The first-order valence-electron chi connectivity index (χ1n) is 8.01. The monoisotopic (exact) mass is 482 g/mol. The van der Waals surface area contributed by atoms with Crippen molar-refractivity contribution in [1.29, 1.82) is 0 Å². The van der Waals surface area contributed by atoms with Gasteiger partial charge in [-0.3, -0.25) is 4.79 Å². The zero-order valence-electron chi connectivity index (χ0n) is 15.7. The van der Waals surface area contributed by atoms with Gasteiger partial charge in [0.05, 0.1) is 13.2 Å². The van der Waals surface area contributed by atoms with E-state index in [0.717, 1.165) is 0 Å². The van der Waals surface area contributed by atoms with Crippen molar-refractivity contribution in [2.24, 2.45) is 4.99 Å². The summed E-state index contributed by atoms with van der Waals surface area (Å²) in [6, 6.07) is 6.26. The molecule has 26 heavy (non-hydrogen) atoms. The summed E-state index contributed by atoms with van der Waals surface area (Å²) in [4.78, 5) is 19.3. The Morgan fingerprint density at radius 1 is 1.23 bits per heavy atom. The number of nitrogens with zero attached hydrogens (tertiary/aromatic N) is 3. The number of halogens is 2. The molecule has 0 fully saturated rings. The summed E-state index contributed by atoms with van der Waals surface area (Å²) in [5.41, 5.74) is 0. The molecular formula is C17H28FIN4O3. The lowest BCUT2D eigenvalue weighted by Gasteiger charge is -2.22. The van der Waals surface area contributed by atoms with Crippen molar-refractivity contribution < 1.29 is 18.7 Å². The second-order valence-corrected chi connectivity index (χ2v) is 5.55. The van der Waals surface area contributed by atoms with Crippen molar-refractivity contribution in [1.82, 2.24) is 15.1 Å². The molecule has 7 nitrogen and oxygen atoms in total. The molecule has 0 heterocycles. The Balaban J connectivity index is 0.00000625. The van der Waals surface area contributed by atoms with E-state index >= 15 is 0 Å². The summed E-state index contributed by atoms with van der Waals surface area (Å²) in [5.74, 6) is 0.282. The Morgan fingerprint density at radius 2 is 1.92 bits per heavy atom. The third-order valence-electron chi connectivity index (χ3n) is 3.33. The Kier molecular flexibility index (Phi) is 12.7. The maximum Gasteiger partial charge on any atom is 0.243 e. The van der Waals surface area contributed by atoms with E-state index in [1.54, 1.807) is 39.4 Å². The summed E-state index contributed by atoms with van der Waals surface area (Å²) in [6.45, 7) is 1.87. The summed E-state index contributed by atoms with van der Waals surface area (Å²) < 4.78 is 24.0. The smallest absolute Gasteiger partial charge is 0.243 e. The lowest BCUT2D eigenvalue weighted by atomic mass is 10.3. The zero-order chi connectivity index (χ0) is 18.7. The van der Waals surface area contributed by atoms with E-state index in [0.29, 0.717) is 25.7 Å². The molecule has 1 amide bonds. The van der Waals surface area contributed by atoms with Gasteiger partial charge in [-0.25, -0.2) is 9.38 Å². The van der Waals surface area contributed by atoms with Gasteiger partial charge in [-0.2, -0.15) is 0 Å². The van der Waals surface area contributed by atoms with E-state index in [1.807, 2.05) is 11.9 Å². The van der Waals surface area contributed by atoms with E-state index in [1.165, 1.54) is 11.0 Å². The molecule has 0 unspecified atom stereocenters. The topological polar surface area (TPSA) is 66.4 Å². The van der Waals surface area contributed by atoms with Crippen molar-refractivity contribution in [2.45, 2.75) is 0 Å². The van der Waals surface area contributed by atoms with Gasteiger partial charge in [0.15, 0.2) is 17.5 Å². The number of ether oxygens (including phenoxy) is 2. The van der Waals surface area contributed by atoms with Crippen LogP contribution in [-0.2, 0) is 9.53 Å². The molecule has 9 heteroatoms. The molecule has 0 aliphatic rings. The van der Waals surface area contributed by atoms with Gasteiger partial charge in [0.25, 0.3) is 0 Å². The number of nitrogens with one attached hydrogen (secondary N) is 1. The SMILES string of the molecule is COCCNC(=NCC(=O)N(C)C)N(C)CCOc1ccccc1F.I. The average Bonchev–Trinajstić information content (AvgIpc) is 2.59. The Morgan fingerprint density at radius 3 is 2.54 bits per heavy atom. The first-order valence-corrected chi connectivity index (χ1v) is 8.01. The predicted molar refractivity (Wildman–Crippen MR) is 111 cm³/mol. The highest BCUT2D eigenvalue weighted by atomic mass is 127. The highest BCUT2D eigenvalue weighted by Crippen LogP contribution is 2.14. The number of aliphatic imine (C=N–C) groups is 1. The van der Waals surface area contributed by atoms with Gasteiger partial charge in [0, 0.05) is 34.8 Å². The molecule has 0 aliphatic heterocycles. The molecule has 0 saturated carbocycles. The van der Waals surface area contributed by atoms with Gasteiger partial charge in [0.1, 0.15) is 13.2 Å². The van der Waals surface area contributed by atoms with Crippen molar-refractivity contribution in [3.63, 3.8) is 0 Å². The van der Waals surface area contributed by atoms with Gasteiger partial charge >= 0.3 is 0 Å². The second-order valence-electron chi connectivity index (χ2n) is 5.55. The summed E-state index contributed by atoms with van der Waals surface area (Å²) in [7, 11) is 6.80. The maximum atomic E-state index is 13.5. The molecule has 1 rings (SSSR count). The molecule has 0 spiro atoms. The lowest BCUT2D eigenvalue weighted by Crippen LogP contribution is -2.42. The van der Waals surface area contributed by atoms with E-state index in [9.17, 15) is 9.18 Å². The zero-order valence-corrected chi connectivity index (χ0v) is 18.0. The number of carbonyl (C=O) groups excluding carboxylic acids is 1. The van der Waals surface area contributed by atoms with E-state index in [2.05, 4.69) is 10.3 Å². The second kappa shape index (κ2) is 13.6. The Bertz CT molecular complexity index is 573. The van der Waals surface area contributed by atoms with Crippen LogP contribution in [0.1, 0.15) is 0 Å². The third kappa shape index (κ3) is 9.18. The number of amides is 1. The van der Waals surface area contributed by atoms with Crippen LogP contribution in [0.3, 0.4) is 0 Å². The molecule has 0 radical (unpaired) electrons.